The van der Waals surface area contributed by atoms with Crippen molar-refractivity contribution in [3.05, 3.63) is 52.5 Å². The Morgan fingerprint density at radius 2 is 1.81 bits per heavy atom. The second kappa shape index (κ2) is 6.83. The second-order valence-electron chi connectivity index (χ2n) is 4.92. The van der Waals surface area contributed by atoms with Crippen molar-refractivity contribution in [3.8, 4) is 17.2 Å². The third kappa shape index (κ3) is 3.69. The van der Waals surface area contributed by atoms with E-state index in [1.807, 2.05) is 43.3 Å². The maximum Gasteiger partial charge on any atom is 0.169 e. The van der Waals surface area contributed by atoms with Gasteiger partial charge in [-0.3, -0.25) is 0 Å². The van der Waals surface area contributed by atoms with E-state index in [2.05, 4.69) is 6.92 Å². The number of methoxy groups -OCH3 is 1. The number of nitrogens with two attached hydrogens (primary N) is 1. The Kier molecular flexibility index (Phi) is 5.10. The standard InChI is InChI=1S/C17H20ClNO2/c1-4-12-5-7-16(17(9-12)20-3)21-15-8-6-13(11(2)19)10-14(15)18/h5-11H,4,19H2,1-3H3. The smallest absolute Gasteiger partial charge is 0.169 e. The van der Waals surface area contributed by atoms with Crippen LogP contribution in [0.5, 0.6) is 17.2 Å². The van der Waals surface area contributed by atoms with Crippen LogP contribution < -0.4 is 15.2 Å². The normalized spacial score (nSPS) is 12.0. The monoisotopic (exact) mass is 305 g/mol. The lowest BCUT2D eigenvalue weighted by Crippen LogP contribution is -2.04. The first kappa shape index (κ1) is 15.7. The molecule has 0 amide bonds. The number of hydrogen-bond donors (Lipinski definition) is 1. The van der Waals surface area contributed by atoms with Crippen LogP contribution in [-0.4, -0.2) is 7.11 Å². The van der Waals surface area contributed by atoms with Crippen LogP contribution in [0.1, 0.15) is 31.0 Å². The Labute approximate surface area is 130 Å². The van der Waals surface area contributed by atoms with Gasteiger partial charge in [-0.2, -0.15) is 0 Å². The summed E-state index contributed by atoms with van der Waals surface area (Å²) in [5.41, 5.74) is 8.01. The van der Waals surface area contributed by atoms with Crippen molar-refractivity contribution in [1.29, 1.82) is 0 Å². The molecule has 0 bridgehead atoms. The summed E-state index contributed by atoms with van der Waals surface area (Å²) in [6.45, 7) is 4.01. The van der Waals surface area contributed by atoms with Crippen LogP contribution in [0, 0.1) is 0 Å². The van der Waals surface area contributed by atoms with Gasteiger partial charge in [0, 0.05) is 6.04 Å². The largest absolute Gasteiger partial charge is 0.493 e. The van der Waals surface area contributed by atoms with Gasteiger partial charge in [-0.05, 0) is 48.7 Å². The van der Waals surface area contributed by atoms with Crippen molar-refractivity contribution in [2.75, 3.05) is 7.11 Å². The van der Waals surface area contributed by atoms with Crippen molar-refractivity contribution in [2.45, 2.75) is 26.3 Å². The lowest BCUT2D eigenvalue weighted by atomic mass is 10.1. The lowest BCUT2D eigenvalue weighted by molar-refractivity contribution is 0.378. The van der Waals surface area contributed by atoms with Gasteiger partial charge in [0.1, 0.15) is 5.75 Å². The van der Waals surface area contributed by atoms with E-state index >= 15 is 0 Å². The molecule has 0 aliphatic heterocycles. The fourth-order valence-corrected chi connectivity index (χ4v) is 2.25. The van der Waals surface area contributed by atoms with Crippen LogP contribution in [0.4, 0.5) is 0 Å². The van der Waals surface area contributed by atoms with Crippen LogP contribution in [0.2, 0.25) is 5.02 Å². The third-order valence-electron chi connectivity index (χ3n) is 3.34. The molecule has 0 aliphatic rings. The molecule has 1 unspecified atom stereocenters. The first-order valence-electron chi connectivity index (χ1n) is 6.95. The van der Waals surface area contributed by atoms with E-state index in [9.17, 15) is 0 Å². The molecule has 21 heavy (non-hydrogen) atoms. The van der Waals surface area contributed by atoms with E-state index in [0.717, 1.165) is 12.0 Å². The number of aryl methyl sites for hydroxylation is 1. The molecule has 0 heterocycles. The minimum Gasteiger partial charge on any atom is -0.493 e. The number of hydrogen-bond acceptors (Lipinski definition) is 3. The lowest BCUT2D eigenvalue weighted by Gasteiger charge is -2.14. The fraction of sp³-hybridized carbons (Fsp3) is 0.294. The zero-order valence-corrected chi connectivity index (χ0v) is 13.3. The predicted molar refractivity (Wildman–Crippen MR) is 86.5 cm³/mol. The van der Waals surface area contributed by atoms with Gasteiger partial charge in [-0.1, -0.05) is 30.7 Å². The molecule has 112 valence electrons. The van der Waals surface area contributed by atoms with Gasteiger partial charge in [0.25, 0.3) is 0 Å². The Balaban J connectivity index is 2.29. The zero-order valence-electron chi connectivity index (χ0n) is 12.5. The molecule has 0 aliphatic carbocycles. The van der Waals surface area contributed by atoms with Crippen LogP contribution in [0.15, 0.2) is 36.4 Å². The number of ether oxygens (including phenoxy) is 2. The molecular formula is C17H20ClNO2. The first-order valence-corrected chi connectivity index (χ1v) is 7.32. The Hall–Kier alpha value is -1.71. The molecule has 3 nitrogen and oxygen atoms in total. The molecule has 0 fully saturated rings. The van der Waals surface area contributed by atoms with Gasteiger partial charge in [0.2, 0.25) is 0 Å². The van der Waals surface area contributed by atoms with E-state index < -0.39 is 0 Å². The molecule has 2 N–H and O–H groups in total. The summed E-state index contributed by atoms with van der Waals surface area (Å²) in [5, 5.41) is 0.534. The molecule has 0 radical (unpaired) electrons. The Morgan fingerprint density at radius 3 is 2.38 bits per heavy atom. The summed E-state index contributed by atoms with van der Waals surface area (Å²) < 4.78 is 11.2. The van der Waals surface area contributed by atoms with Crippen LogP contribution in [-0.2, 0) is 6.42 Å². The average molecular weight is 306 g/mol. The number of benzene rings is 2. The van der Waals surface area contributed by atoms with E-state index in [1.54, 1.807) is 7.11 Å². The SMILES string of the molecule is CCc1ccc(Oc2ccc(C(C)N)cc2Cl)c(OC)c1. The first-order chi connectivity index (χ1) is 10.0. The maximum absolute atomic E-state index is 6.26. The molecule has 0 saturated heterocycles. The quantitative estimate of drug-likeness (QED) is 0.869. The number of rotatable bonds is 5. The molecule has 2 aromatic rings. The molecule has 2 aromatic carbocycles. The van der Waals surface area contributed by atoms with Crippen molar-refractivity contribution in [2.24, 2.45) is 5.73 Å². The van der Waals surface area contributed by atoms with Gasteiger partial charge in [-0.25, -0.2) is 0 Å². The van der Waals surface area contributed by atoms with Crippen molar-refractivity contribution in [1.82, 2.24) is 0 Å². The summed E-state index contributed by atoms with van der Waals surface area (Å²) in [4.78, 5) is 0. The van der Waals surface area contributed by atoms with Gasteiger partial charge in [-0.15, -0.1) is 0 Å². The molecule has 2 rings (SSSR count). The Morgan fingerprint density at radius 1 is 1.10 bits per heavy atom. The van der Waals surface area contributed by atoms with Crippen molar-refractivity contribution < 1.29 is 9.47 Å². The summed E-state index contributed by atoms with van der Waals surface area (Å²) >= 11 is 6.26. The summed E-state index contributed by atoms with van der Waals surface area (Å²) in [6.07, 6.45) is 0.945. The molecule has 0 spiro atoms. The average Bonchev–Trinajstić information content (AvgIpc) is 2.49. The fourth-order valence-electron chi connectivity index (χ4n) is 2.02. The highest BCUT2D eigenvalue weighted by atomic mass is 35.5. The molecule has 0 saturated carbocycles. The highest BCUT2D eigenvalue weighted by Crippen LogP contribution is 2.36. The molecule has 0 aromatic heterocycles. The Bertz CT molecular complexity index is 626. The van der Waals surface area contributed by atoms with E-state index in [-0.39, 0.29) is 6.04 Å². The molecule has 4 heteroatoms. The van der Waals surface area contributed by atoms with E-state index in [4.69, 9.17) is 26.8 Å². The molecule has 1 atom stereocenters. The zero-order chi connectivity index (χ0) is 15.4. The van der Waals surface area contributed by atoms with E-state index in [0.29, 0.717) is 22.3 Å². The number of halogens is 1. The predicted octanol–water partition coefficient (Wildman–Crippen LogP) is 4.72. The topological polar surface area (TPSA) is 44.5 Å². The van der Waals surface area contributed by atoms with Crippen LogP contribution >= 0.6 is 11.6 Å². The summed E-state index contributed by atoms with van der Waals surface area (Å²) in [7, 11) is 1.63. The minimum atomic E-state index is -0.0603. The highest BCUT2D eigenvalue weighted by molar-refractivity contribution is 6.32. The highest BCUT2D eigenvalue weighted by Gasteiger charge is 2.10. The molecular weight excluding hydrogens is 286 g/mol. The van der Waals surface area contributed by atoms with Crippen molar-refractivity contribution >= 4 is 11.6 Å². The second-order valence-corrected chi connectivity index (χ2v) is 5.33. The van der Waals surface area contributed by atoms with Gasteiger partial charge in [0.05, 0.1) is 12.1 Å². The van der Waals surface area contributed by atoms with Crippen molar-refractivity contribution in [3.63, 3.8) is 0 Å². The van der Waals surface area contributed by atoms with E-state index in [1.165, 1.54) is 5.56 Å². The van der Waals surface area contributed by atoms with Gasteiger partial charge in [0.15, 0.2) is 11.5 Å². The maximum atomic E-state index is 6.26. The third-order valence-corrected chi connectivity index (χ3v) is 3.63. The van der Waals surface area contributed by atoms with Crippen LogP contribution in [0.25, 0.3) is 0 Å². The summed E-state index contributed by atoms with van der Waals surface area (Å²) in [5.74, 6) is 1.93. The van der Waals surface area contributed by atoms with Crippen LogP contribution in [0.3, 0.4) is 0 Å². The minimum absolute atomic E-state index is 0.0603. The summed E-state index contributed by atoms with van der Waals surface area (Å²) in [6, 6.07) is 11.4. The van der Waals surface area contributed by atoms with Gasteiger partial charge < -0.3 is 15.2 Å². The van der Waals surface area contributed by atoms with Gasteiger partial charge >= 0.3 is 0 Å².